The molecule has 4 heteroatoms. The van der Waals surface area contributed by atoms with Gasteiger partial charge in [-0.2, -0.15) is 0 Å². The molecular formula is C18H14ClN3. The maximum atomic E-state index is 6.13. The molecule has 2 N–H and O–H groups in total. The number of hydrogen-bond donors (Lipinski definition) is 1. The van der Waals surface area contributed by atoms with Crippen LogP contribution in [0.3, 0.4) is 0 Å². The van der Waals surface area contributed by atoms with Crippen LogP contribution in [-0.2, 0) is 0 Å². The predicted molar refractivity (Wildman–Crippen MR) is 91.8 cm³/mol. The Bertz CT molecular complexity index is 813. The number of nitrogen functional groups attached to an aromatic ring is 1. The van der Waals surface area contributed by atoms with Crippen LogP contribution in [-0.4, -0.2) is 10.7 Å². The van der Waals surface area contributed by atoms with E-state index in [1.54, 1.807) is 6.20 Å². The van der Waals surface area contributed by atoms with Gasteiger partial charge < -0.3 is 5.73 Å². The lowest BCUT2D eigenvalue weighted by molar-refractivity contribution is 1.30. The van der Waals surface area contributed by atoms with Crippen LogP contribution in [0.2, 0.25) is 5.15 Å². The van der Waals surface area contributed by atoms with Gasteiger partial charge in [-0.1, -0.05) is 60.1 Å². The third kappa shape index (κ3) is 3.00. The lowest BCUT2D eigenvalue weighted by Gasteiger charge is -2.10. The molecule has 0 atom stereocenters. The Kier molecular flexibility index (Phi) is 4.17. The molecule has 3 rings (SSSR count). The van der Waals surface area contributed by atoms with Crippen molar-refractivity contribution in [2.24, 2.45) is 4.99 Å². The number of nitrogens with zero attached hydrogens (tertiary/aromatic N) is 2. The van der Waals surface area contributed by atoms with E-state index >= 15 is 0 Å². The highest BCUT2D eigenvalue weighted by Crippen LogP contribution is 2.25. The molecular weight excluding hydrogens is 294 g/mol. The zero-order chi connectivity index (χ0) is 15.4. The number of pyridine rings is 1. The molecule has 3 aromatic rings. The summed E-state index contributed by atoms with van der Waals surface area (Å²) in [5.41, 5.74) is 10.0. The molecule has 0 amide bonds. The number of para-hydroxylation sites is 1. The van der Waals surface area contributed by atoms with E-state index in [1.165, 1.54) is 0 Å². The van der Waals surface area contributed by atoms with Crippen molar-refractivity contribution in [1.29, 1.82) is 0 Å². The quantitative estimate of drug-likeness (QED) is 0.440. The molecule has 0 radical (unpaired) electrons. The van der Waals surface area contributed by atoms with E-state index in [0.717, 1.165) is 16.8 Å². The minimum absolute atomic E-state index is 0.366. The van der Waals surface area contributed by atoms with Gasteiger partial charge in [0.25, 0.3) is 0 Å². The number of aromatic nitrogens is 1. The molecule has 0 unspecified atom stereocenters. The highest BCUT2D eigenvalue weighted by Gasteiger charge is 2.11. The van der Waals surface area contributed by atoms with Gasteiger partial charge in [-0.05, 0) is 18.2 Å². The van der Waals surface area contributed by atoms with Crippen molar-refractivity contribution in [2.45, 2.75) is 0 Å². The third-order valence-corrected chi connectivity index (χ3v) is 3.53. The Morgan fingerprint density at radius 3 is 2.36 bits per heavy atom. The number of hydrogen-bond acceptors (Lipinski definition) is 3. The number of nitrogens with two attached hydrogens (primary N) is 1. The molecule has 0 saturated heterocycles. The summed E-state index contributed by atoms with van der Waals surface area (Å²) >= 11 is 6.13. The fourth-order valence-electron chi connectivity index (χ4n) is 2.17. The summed E-state index contributed by atoms with van der Waals surface area (Å²) in [6.45, 7) is 0. The number of anilines is 1. The molecule has 0 aliphatic carbocycles. The predicted octanol–water partition coefficient (Wildman–Crippen LogP) is 4.49. The highest BCUT2D eigenvalue weighted by atomic mass is 35.5. The summed E-state index contributed by atoms with van der Waals surface area (Å²) in [7, 11) is 0. The van der Waals surface area contributed by atoms with Crippen molar-refractivity contribution in [3.63, 3.8) is 0 Å². The molecule has 1 aromatic heterocycles. The van der Waals surface area contributed by atoms with E-state index in [0.29, 0.717) is 16.5 Å². The first-order valence-corrected chi connectivity index (χ1v) is 7.23. The van der Waals surface area contributed by atoms with Crippen molar-refractivity contribution in [1.82, 2.24) is 4.98 Å². The average molecular weight is 308 g/mol. The fourth-order valence-corrected chi connectivity index (χ4v) is 2.33. The molecule has 0 bridgehead atoms. The second-order valence-electron chi connectivity index (χ2n) is 4.73. The van der Waals surface area contributed by atoms with Crippen LogP contribution in [0.4, 0.5) is 11.4 Å². The Balaban J connectivity index is 2.21. The second kappa shape index (κ2) is 6.41. The molecule has 1 heterocycles. The van der Waals surface area contributed by atoms with Crippen LogP contribution in [0, 0.1) is 0 Å². The number of benzene rings is 2. The summed E-state index contributed by atoms with van der Waals surface area (Å²) in [6.07, 6.45) is 1.64. The fraction of sp³-hybridized carbons (Fsp3) is 0. The minimum Gasteiger partial charge on any atom is -0.398 e. The molecule has 22 heavy (non-hydrogen) atoms. The van der Waals surface area contributed by atoms with Crippen molar-refractivity contribution in [3.8, 4) is 0 Å². The smallest absolute Gasteiger partial charge is 0.154 e. The van der Waals surface area contributed by atoms with Gasteiger partial charge in [-0.25, -0.2) is 9.98 Å². The summed E-state index contributed by atoms with van der Waals surface area (Å²) in [5.74, 6) is 0. The lowest BCUT2D eigenvalue weighted by atomic mass is 10.0. The van der Waals surface area contributed by atoms with Gasteiger partial charge in [0.05, 0.1) is 5.71 Å². The second-order valence-corrected chi connectivity index (χ2v) is 5.09. The van der Waals surface area contributed by atoms with Crippen molar-refractivity contribution >= 4 is 28.7 Å². The molecule has 0 aliphatic heterocycles. The van der Waals surface area contributed by atoms with Crippen LogP contribution >= 0.6 is 11.6 Å². The van der Waals surface area contributed by atoms with Gasteiger partial charge in [0.15, 0.2) is 5.15 Å². The number of rotatable bonds is 3. The van der Waals surface area contributed by atoms with Crippen LogP contribution < -0.4 is 5.73 Å². The van der Waals surface area contributed by atoms with Gasteiger partial charge >= 0.3 is 0 Å². The maximum Gasteiger partial charge on any atom is 0.154 e. The molecule has 0 spiro atoms. The molecule has 0 aliphatic rings. The monoisotopic (exact) mass is 307 g/mol. The average Bonchev–Trinajstić information content (AvgIpc) is 2.56. The molecule has 3 nitrogen and oxygen atoms in total. The van der Waals surface area contributed by atoms with E-state index in [9.17, 15) is 0 Å². The minimum atomic E-state index is 0.366. The van der Waals surface area contributed by atoms with Crippen LogP contribution in [0.5, 0.6) is 0 Å². The zero-order valence-electron chi connectivity index (χ0n) is 11.8. The van der Waals surface area contributed by atoms with Crippen LogP contribution in [0.15, 0.2) is 77.9 Å². The zero-order valence-corrected chi connectivity index (χ0v) is 12.5. The summed E-state index contributed by atoms with van der Waals surface area (Å²) in [6, 6.07) is 21.2. The number of aliphatic imine (C=N–C) groups is 1. The first kappa shape index (κ1) is 14.3. The van der Waals surface area contributed by atoms with Gasteiger partial charge in [-0.3, -0.25) is 0 Å². The van der Waals surface area contributed by atoms with Crippen molar-refractivity contribution < 1.29 is 0 Å². The normalized spacial score (nSPS) is 11.4. The first-order chi connectivity index (χ1) is 10.8. The van der Waals surface area contributed by atoms with Crippen molar-refractivity contribution in [2.75, 3.05) is 5.73 Å². The molecule has 2 aromatic carbocycles. The summed E-state index contributed by atoms with van der Waals surface area (Å²) < 4.78 is 0. The first-order valence-electron chi connectivity index (χ1n) is 6.85. The van der Waals surface area contributed by atoms with Crippen molar-refractivity contribution in [3.05, 3.63) is 89.2 Å². The highest BCUT2D eigenvalue weighted by molar-refractivity contribution is 6.32. The Morgan fingerprint density at radius 2 is 1.64 bits per heavy atom. The SMILES string of the molecule is Nc1ccccc1C(=Nc1cccnc1Cl)c1ccccc1. The van der Waals surface area contributed by atoms with Gasteiger partial charge in [0.2, 0.25) is 0 Å². The van der Waals surface area contributed by atoms with E-state index in [4.69, 9.17) is 22.3 Å². The largest absolute Gasteiger partial charge is 0.398 e. The summed E-state index contributed by atoms with van der Waals surface area (Å²) in [4.78, 5) is 8.77. The lowest BCUT2D eigenvalue weighted by Crippen LogP contribution is -2.06. The third-order valence-electron chi connectivity index (χ3n) is 3.23. The van der Waals surface area contributed by atoms with E-state index in [1.807, 2.05) is 66.7 Å². The van der Waals surface area contributed by atoms with Gasteiger partial charge in [0, 0.05) is 23.0 Å². The van der Waals surface area contributed by atoms with E-state index in [-0.39, 0.29) is 0 Å². The van der Waals surface area contributed by atoms with E-state index in [2.05, 4.69) is 4.98 Å². The molecule has 0 fully saturated rings. The maximum absolute atomic E-state index is 6.13. The number of halogens is 1. The van der Waals surface area contributed by atoms with Gasteiger partial charge in [0.1, 0.15) is 5.69 Å². The standard InChI is InChI=1S/C18H14ClN3/c19-18-16(11-6-12-21-18)22-17(13-7-2-1-3-8-13)14-9-4-5-10-15(14)20/h1-12H,20H2. The van der Waals surface area contributed by atoms with Gasteiger partial charge in [-0.15, -0.1) is 0 Å². The Morgan fingerprint density at radius 1 is 0.909 bits per heavy atom. The summed E-state index contributed by atoms with van der Waals surface area (Å²) in [5, 5.41) is 0.366. The van der Waals surface area contributed by atoms with Crippen LogP contribution in [0.1, 0.15) is 11.1 Å². The Labute approximate surface area is 134 Å². The molecule has 0 saturated carbocycles. The molecule has 108 valence electrons. The Hall–Kier alpha value is -2.65. The van der Waals surface area contributed by atoms with Crippen LogP contribution in [0.25, 0.3) is 0 Å². The van der Waals surface area contributed by atoms with E-state index < -0.39 is 0 Å². The topological polar surface area (TPSA) is 51.3 Å².